The average Bonchev–Trinajstić information content (AvgIpc) is 2.37. The first-order chi connectivity index (χ1) is 8.24. The summed E-state index contributed by atoms with van der Waals surface area (Å²) in [7, 11) is 4.71. The van der Waals surface area contributed by atoms with E-state index in [0.717, 1.165) is 0 Å². The molecule has 1 rings (SSSR count). The number of carbonyl (C=O) groups is 1. The maximum absolute atomic E-state index is 12.0. The predicted molar refractivity (Wildman–Crippen MR) is 65.0 cm³/mol. The van der Waals surface area contributed by atoms with Gasteiger partial charge in [0, 0.05) is 20.1 Å². The van der Waals surface area contributed by atoms with Gasteiger partial charge < -0.3 is 14.2 Å². The topological polar surface area (TPSA) is 44.8 Å². The second-order valence-electron chi connectivity index (χ2n) is 3.56. The second-order valence-corrected chi connectivity index (χ2v) is 3.56. The van der Waals surface area contributed by atoms with Crippen molar-refractivity contribution in [3.05, 3.63) is 23.8 Å². The third-order valence-corrected chi connectivity index (χ3v) is 2.46. The molecule has 94 valence electrons. The molecule has 0 aliphatic rings. The maximum atomic E-state index is 12.0. The molecule has 0 aliphatic heterocycles. The normalized spacial score (nSPS) is 10.1. The Morgan fingerprint density at radius 1 is 1.18 bits per heavy atom. The number of benzene rings is 1. The Balaban J connectivity index is 2.85. The van der Waals surface area contributed by atoms with Gasteiger partial charge in [-0.05, 0) is 18.6 Å². The molecule has 0 unspecified atom stereocenters. The van der Waals surface area contributed by atoms with Gasteiger partial charge in [0.15, 0.2) is 17.3 Å². The second kappa shape index (κ2) is 6.91. The van der Waals surface area contributed by atoms with Crippen molar-refractivity contribution < 1.29 is 19.0 Å². The molecule has 0 fully saturated rings. The van der Waals surface area contributed by atoms with Gasteiger partial charge in [0.1, 0.15) is 0 Å². The Hall–Kier alpha value is -1.55. The van der Waals surface area contributed by atoms with Crippen molar-refractivity contribution in [2.45, 2.75) is 12.8 Å². The highest BCUT2D eigenvalue weighted by molar-refractivity contribution is 5.99. The van der Waals surface area contributed by atoms with Crippen LogP contribution < -0.4 is 9.47 Å². The van der Waals surface area contributed by atoms with Gasteiger partial charge in [-0.2, -0.15) is 0 Å². The van der Waals surface area contributed by atoms with Gasteiger partial charge >= 0.3 is 0 Å². The summed E-state index contributed by atoms with van der Waals surface area (Å²) in [6.45, 7) is 0.581. The molecule has 0 saturated heterocycles. The molecule has 1 aromatic rings. The van der Waals surface area contributed by atoms with Gasteiger partial charge in [-0.3, -0.25) is 4.79 Å². The van der Waals surface area contributed by atoms with Crippen LogP contribution in [0.15, 0.2) is 18.2 Å². The largest absolute Gasteiger partial charge is 0.493 e. The van der Waals surface area contributed by atoms with Crippen LogP contribution in [0.25, 0.3) is 0 Å². The Bertz CT molecular complexity index is 374. The molecule has 0 radical (unpaired) electrons. The summed E-state index contributed by atoms with van der Waals surface area (Å²) in [4.78, 5) is 12.0. The number of hydrogen-bond acceptors (Lipinski definition) is 4. The van der Waals surface area contributed by atoms with E-state index in [1.165, 1.54) is 7.11 Å². The van der Waals surface area contributed by atoms with E-state index >= 15 is 0 Å². The highest BCUT2D eigenvalue weighted by Gasteiger charge is 2.15. The number of para-hydroxylation sites is 1. The summed E-state index contributed by atoms with van der Waals surface area (Å²) in [5, 5.41) is 0. The number of carbonyl (C=O) groups excluding carboxylic acids is 1. The van der Waals surface area contributed by atoms with Crippen LogP contribution in [0.4, 0.5) is 0 Å². The Morgan fingerprint density at radius 3 is 2.53 bits per heavy atom. The van der Waals surface area contributed by atoms with E-state index in [0.29, 0.717) is 36.5 Å². The monoisotopic (exact) mass is 238 g/mol. The van der Waals surface area contributed by atoms with Gasteiger partial charge in [0.05, 0.1) is 19.8 Å². The van der Waals surface area contributed by atoms with E-state index in [2.05, 4.69) is 0 Å². The van der Waals surface area contributed by atoms with Crippen LogP contribution >= 0.6 is 0 Å². The molecule has 17 heavy (non-hydrogen) atoms. The van der Waals surface area contributed by atoms with Crippen molar-refractivity contribution in [3.63, 3.8) is 0 Å². The van der Waals surface area contributed by atoms with Crippen molar-refractivity contribution in [1.29, 1.82) is 0 Å². The third-order valence-electron chi connectivity index (χ3n) is 2.46. The first-order valence-corrected chi connectivity index (χ1v) is 5.47. The third kappa shape index (κ3) is 3.46. The molecular weight excluding hydrogens is 220 g/mol. The molecule has 0 aliphatic carbocycles. The van der Waals surface area contributed by atoms with Gasteiger partial charge in [-0.1, -0.05) is 6.07 Å². The molecule has 0 spiro atoms. The number of methoxy groups -OCH3 is 3. The summed E-state index contributed by atoms with van der Waals surface area (Å²) in [5.41, 5.74) is 0.558. The summed E-state index contributed by atoms with van der Waals surface area (Å²) in [6, 6.07) is 5.30. The van der Waals surface area contributed by atoms with E-state index in [1.807, 2.05) is 0 Å². The molecule has 4 heteroatoms. The number of rotatable bonds is 7. The summed E-state index contributed by atoms with van der Waals surface area (Å²) in [5.74, 6) is 1.11. The molecular formula is C13H18O4. The van der Waals surface area contributed by atoms with Gasteiger partial charge in [-0.15, -0.1) is 0 Å². The minimum absolute atomic E-state index is 0.0396. The zero-order valence-corrected chi connectivity index (χ0v) is 10.5. The lowest BCUT2D eigenvalue weighted by Gasteiger charge is -2.11. The highest BCUT2D eigenvalue weighted by Crippen LogP contribution is 2.31. The lowest BCUT2D eigenvalue weighted by molar-refractivity contribution is 0.0960. The average molecular weight is 238 g/mol. The highest BCUT2D eigenvalue weighted by atomic mass is 16.5. The Labute approximate surface area is 101 Å². The maximum Gasteiger partial charge on any atom is 0.171 e. The SMILES string of the molecule is COCCCC(=O)c1cccc(OC)c1OC. The number of ketones is 1. The van der Waals surface area contributed by atoms with Crippen LogP contribution in [-0.4, -0.2) is 33.7 Å². The van der Waals surface area contributed by atoms with Crippen molar-refractivity contribution in [1.82, 2.24) is 0 Å². The van der Waals surface area contributed by atoms with Crippen LogP contribution in [-0.2, 0) is 4.74 Å². The first-order valence-electron chi connectivity index (χ1n) is 5.47. The minimum atomic E-state index is 0.0396. The lowest BCUT2D eigenvalue weighted by atomic mass is 10.1. The van der Waals surface area contributed by atoms with Crippen LogP contribution in [0, 0.1) is 0 Å². The molecule has 1 aromatic carbocycles. The molecule has 0 saturated carbocycles. The molecule has 0 amide bonds. The number of ether oxygens (including phenoxy) is 3. The predicted octanol–water partition coefficient (Wildman–Crippen LogP) is 2.31. The molecule has 0 heterocycles. The van der Waals surface area contributed by atoms with E-state index in [-0.39, 0.29) is 5.78 Å². The van der Waals surface area contributed by atoms with Gasteiger partial charge in [-0.25, -0.2) is 0 Å². The van der Waals surface area contributed by atoms with Crippen LogP contribution in [0.5, 0.6) is 11.5 Å². The van der Waals surface area contributed by atoms with E-state index < -0.39 is 0 Å². The summed E-state index contributed by atoms with van der Waals surface area (Å²) >= 11 is 0. The van der Waals surface area contributed by atoms with Crippen molar-refractivity contribution in [2.75, 3.05) is 27.9 Å². The van der Waals surface area contributed by atoms with Gasteiger partial charge in [0.25, 0.3) is 0 Å². The smallest absolute Gasteiger partial charge is 0.171 e. The quantitative estimate of drug-likeness (QED) is 0.540. The standard InChI is InChI=1S/C13H18O4/c1-15-9-5-7-11(14)10-6-4-8-12(16-2)13(10)17-3/h4,6,8H,5,7,9H2,1-3H3. The molecule has 4 nitrogen and oxygen atoms in total. The van der Waals surface area contributed by atoms with E-state index in [1.54, 1.807) is 32.4 Å². The first kappa shape index (κ1) is 13.5. The van der Waals surface area contributed by atoms with E-state index in [4.69, 9.17) is 14.2 Å². The van der Waals surface area contributed by atoms with Crippen LogP contribution in [0.3, 0.4) is 0 Å². The molecule has 0 N–H and O–H groups in total. The number of Topliss-reactive ketones (excluding diaryl/α,β-unsaturated/α-hetero) is 1. The fourth-order valence-electron chi connectivity index (χ4n) is 1.62. The number of hydrogen-bond donors (Lipinski definition) is 0. The summed E-state index contributed by atoms with van der Waals surface area (Å²) < 4.78 is 15.3. The lowest BCUT2D eigenvalue weighted by Crippen LogP contribution is -2.05. The zero-order valence-electron chi connectivity index (χ0n) is 10.5. The van der Waals surface area contributed by atoms with Crippen molar-refractivity contribution >= 4 is 5.78 Å². The fraction of sp³-hybridized carbons (Fsp3) is 0.462. The molecule has 0 atom stereocenters. The van der Waals surface area contributed by atoms with Gasteiger partial charge in [0.2, 0.25) is 0 Å². The summed E-state index contributed by atoms with van der Waals surface area (Å²) in [6.07, 6.45) is 1.15. The fourth-order valence-corrected chi connectivity index (χ4v) is 1.62. The minimum Gasteiger partial charge on any atom is -0.493 e. The zero-order chi connectivity index (χ0) is 12.7. The van der Waals surface area contributed by atoms with E-state index in [9.17, 15) is 4.79 Å². The van der Waals surface area contributed by atoms with Crippen LogP contribution in [0.2, 0.25) is 0 Å². The molecule has 0 aromatic heterocycles. The van der Waals surface area contributed by atoms with Crippen molar-refractivity contribution in [3.8, 4) is 11.5 Å². The Morgan fingerprint density at radius 2 is 1.94 bits per heavy atom. The Kier molecular flexibility index (Phi) is 5.49. The molecule has 0 bridgehead atoms. The van der Waals surface area contributed by atoms with Crippen molar-refractivity contribution in [2.24, 2.45) is 0 Å². The van der Waals surface area contributed by atoms with Crippen LogP contribution in [0.1, 0.15) is 23.2 Å².